The van der Waals surface area contributed by atoms with Gasteiger partial charge in [0.2, 0.25) is 0 Å². The van der Waals surface area contributed by atoms with Crippen molar-refractivity contribution in [2.24, 2.45) is 0 Å². The van der Waals surface area contributed by atoms with Crippen molar-refractivity contribution in [2.45, 2.75) is 25.7 Å². The summed E-state index contributed by atoms with van der Waals surface area (Å²) in [5, 5.41) is 0. The van der Waals surface area contributed by atoms with Crippen molar-refractivity contribution in [3.05, 3.63) is 45.9 Å². The number of thiazole rings is 1. The van der Waals surface area contributed by atoms with Crippen molar-refractivity contribution in [3.8, 4) is 5.75 Å². The maximum absolute atomic E-state index is 12.3. The van der Waals surface area contributed by atoms with E-state index < -0.39 is 0 Å². The van der Waals surface area contributed by atoms with Gasteiger partial charge in [-0.1, -0.05) is 18.2 Å². The van der Waals surface area contributed by atoms with Crippen LogP contribution >= 0.6 is 11.3 Å². The zero-order valence-corrected chi connectivity index (χ0v) is 12.7. The Hall–Kier alpha value is -1.88. The maximum Gasteiger partial charge on any atom is 0.313 e. The van der Waals surface area contributed by atoms with E-state index in [2.05, 4.69) is 4.98 Å². The highest BCUT2D eigenvalue weighted by atomic mass is 32.1. The summed E-state index contributed by atoms with van der Waals surface area (Å²) in [5.41, 5.74) is 3.77. The average Bonchev–Trinajstić information content (AvgIpc) is 2.92. The number of aromatic nitrogens is 1. The summed E-state index contributed by atoms with van der Waals surface area (Å²) in [4.78, 5) is 17.7. The van der Waals surface area contributed by atoms with Gasteiger partial charge in [0, 0.05) is 16.9 Å². The first-order valence-corrected chi connectivity index (χ1v) is 7.91. The second kappa shape index (κ2) is 6.26. The molecule has 0 spiro atoms. The molecule has 0 fully saturated rings. The van der Waals surface area contributed by atoms with Gasteiger partial charge in [-0.25, -0.2) is 4.98 Å². The van der Waals surface area contributed by atoms with Crippen molar-refractivity contribution in [3.63, 3.8) is 0 Å². The van der Waals surface area contributed by atoms with E-state index in [1.54, 1.807) is 11.3 Å². The van der Waals surface area contributed by atoms with Crippen LogP contribution in [0, 0.1) is 6.92 Å². The third-order valence-electron chi connectivity index (χ3n) is 3.66. The van der Waals surface area contributed by atoms with E-state index in [-0.39, 0.29) is 11.9 Å². The molecule has 0 N–H and O–H groups in total. The number of esters is 1. The smallest absolute Gasteiger partial charge is 0.313 e. The van der Waals surface area contributed by atoms with Crippen LogP contribution in [0.4, 0.5) is 0 Å². The van der Waals surface area contributed by atoms with Crippen LogP contribution in [0.5, 0.6) is 5.75 Å². The molecular formula is C16H17NO3S. The van der Waals surface area contributed by atoms with Gasteiger partial charge in [0.05, 0.1) is 30.3 Å². The van der Waals surface area contributed by atoms with Gasteiger partial charge in [-0.05, 0) is 19.4 Å². The number of hydrogen-bond acceptors (Lipinski definition) is 5. The molecule has 1 aromatic heterocycles. The molecule has 5 heteroatoms. The number of carbonyl (C=O) groups excluding carboxylic acids is 1. The van der Waals surface area contributed by atoms with Crippen LogP contribution in [-0.2, 0) is 16.0 Å². The summed E-state index contributed by atoms with van der Waals surface area (Å²) >= 11 is 1.60. The molecule has 0 bridgehead atoms. The van der Waals surface area contributed by atoms with Gasteiger partial charge in [0.15, 0.2) is 0 Å². The van der Waals surface area contributed by atoms with E-state index in [0.29, 0.717) is 19.6 Å². The van der Waals surface area contributed by atoms with Crippen LogP contribution in [0.15, 0.2) is 29.8 Å². The molecule has 4 nitrogen and oxygen atoms in total. The van der Waals surface area contributed by atoms with Crippen LogP contribution in [-0.4, -0.2) is 24.2 Å². The summed E-state index contributed by atoms with van der Waals surface area (Å²) in [6.07, 6.45) is 1.41. The first kappa shape index (κ1) is 14.1. The van der Waals surface area contributed by atoms with Crippen molar-refractivity contribution >= 4 is 17.3 Å². The maximum atomic E-state index is 12.3. The minimum absolute atomic E-state index is 0.159. The lowest BCUT2D eigenvalue weighted by Crippen LogP contribution is -2.23. The number of ether oxygens (including phenoxy) is 2. The Morgan fingerprint density at radius 2 is 2.33 bits per heavy atom. The van der Waals surface area contributed by atoms with E-state index >= 15 is 0 Å². The summed E-state index contributed by atoms with van der Waals surface area (Å²) in [5.74, 6) is 0.425. The zero-order chi connectivity index (χ0) is 14.7. The highest BCUT2D eigenvalue weighted by molar-refractivity contribution is 7.09. The summed E-state index contributed by atoms with van der Waals surface area (Å²) < 4.78 is 11.0. The molecule has 0 aliphatic carbocycles. The number of fused-ring (bicyclic) bond motifs is 1. The Labute approximate surface area is 127 Å². The van der Waals surface area contributed by atoms with Crippen LogP contribution in [0.3, 0.4) is 0 Å². The fourth-order valence-corrected chi connectivity index (χ4v) is 3.26. The van der Waals surface area contributed by atoms with Gasteiger partial charge in [-0.15, -0.1) is 11.3 Å². The summed E-state index contributed by atoms with van der Waals surface area (Å²) in [7, 11) is 0. The fraction of sp³-hybridized carbons (Fsp3) is 0.375. The van der Waals surface area contributed by atoms with Crippen LogP contribution in [0.2, 0.25) is 0 Å². The Kier molecular flexibility index (Phi) is 4.20. The van der Waals surface area contributed by atoms with E-state index in [1.807, 2.05) is 36.7 Å². The van der Waals surface area contributed by atoms with E-state index in [0.717, 1.165) is 23.4 Å². The SMILES string of the molecule is Cc1ncsc1CCOC(=O)C1CCOc2ccccc21. The van der Waals surface area contributed by atoms with Crippen molar-refractivity contribution in [1.82, 2.24) is 4.98 Å². The highest BCUT2D eigenvalue weighted by Crippen LogP contribution is 2.34. The van der Waals surface area contributed by atoms with Crippen LogP contribution < -0.4 is 4.74 Å². The zero-order valence-electron chi connectivity index (χ0n) is 11.9. The van der Waals surface area contributed by atoms with Crippen molar-refractivity contribution in [1.29, 1.82) is 0 Å². The van der Waals surface area contributed by atoms with Gasteiger partial charge in [0.1, 0.15) is 5.75 Å². The Morgan fingerprint density at radius 3 is 3.14 bits per heavy atom. The number of para-hydroxylation sites is 1. The summed E-state index contributed by atoms with van der Waals surface area (Å²) in [6, 6.07) is 7.68. The number of aryl methyl sites for hydroxylation is 1. The minimum Gasteiger partial charge on any atom is -0.493 e. The standard InChI is InChI=1S/C16H17NO3S/c1-11-15(21-10-17-11)7-9-20-16(18)13-6-8-19-14-5-3-2-4-12(13)14/h2-5,10,13H,6-9H2,1H3. The molecule has 1 aliphatic heterocycles. The lowest BCUT2D eigenvalue weighted by molar-refractivity contribution is -0.146. The van der Waals surface area contributed by atoms with E-state index in [4.69, 9.17) is 9.47 Å². The van der Waals surface area contributed by atoms with Gasteiger partial charge < -0.3 is 9.47 Å². The first-order chi connectivity index (χ1) is 10.3. The van der Waals surface area contributed by atoms with Crippen molar-refractivity contribution < 1.29 is 14.3 Å². The molecule has 1 unspecified atom stereocenters. The second-order valence-corrected chi connectivity index (χ2v) is 5.95. The highest BCUT2D eigenvalue weighted by Gasteiger charge is 2.28. The quantitative estimate of drug-likeness (QED) is 0.814. The van der Waals surface area contributed by atoms with E-state index in [1.165, 1.54) is 4.88 Å². The topological polar surface area (TPSA) is 48.4 Å². The second-order valence-electron chi connectivity index (χ2n) is 5.01. The molecule has 21 heavy (non-hydrogen) atoms. The predicted molar refractivity (Wildman–Crippen MR) is 80.8 cm³/mol. The number of nitrogens with zero attached hydrogens (tertiary/aromatic N) is 1. The molecule has 3 rings (SSSR count). The van der Waals surface area contributed by atoms with E-state index in [9.17, 15) is 4.79 Å². The average molecular weight is 303 g/mol. The molecule has 1 aliphatic rings. The van der Waals surface area contributed by atoms with Gasteiger partial charge in [-0.3, -0.25) is 4.79 Å². The van der Waals surface area contributed by atoms with Gasteiger partial charge in [-0.2, -0.15) is 0 Å². The molecule has 0 saturated heterocycles. The fourth-order valence-electron chi connectivity index (χ4n) is 2.50. The number of benzene rings is 1. The number of hydrogen-bond donors (Lipinski definition) is 0. The molecule has 1 atom stereocenters. The summed E-state index contributed by atoms with van der Waals surface area (Å²) in [6.45, 7) is 2.94. The van der Waals surface area contributed by atoms with Gasteiger partial charge >= 0.3 is 5.97 Å². The molecule has 0 amide bonds. The Morgan fingerprint density at radius 1 is 1.48 bits per heavy atom. The molecule has 0 saturated carbocycles. The predicted octanol–water partition coefficient (Wildman–Crippen LogP) is 3.10. The molecular weight excluding hydrogens is 286 g/mol. The number of carbonyl (C=O) groups is 1. The minimum atomic E-state index is -0.211. The normalized spacial score (nSPS) is 16.9. The first-order valence-electron chi connectivity index (χ1n) is 7.03. The lowest BCUT2D eigenvalue weighted by atomic mass is 9.93. The molecule has 2 heterocycles. The Balaban J connectivity index is 1.60. The van der Waals surface area contributed by atoms with Crippen LogP contribution in [0.25, 0.3) is 0 Å². The Bertz CT molecular complexity index is 638. The van der Waals surface area contributed by atoms with Crippen molar-refractivity contribution in [2.75, 3.05) is 13.2 Å². The van der Waals surface area contributed by atoms with Crippen LogP contribution in [0.1, 0.15) is 28.5 Å². The molecule has 110 valence electrons. The molecule has 0 radical (unpaired) electrons. The number of rotatable bonds is 4. The van der Waals surface area contributed by atoms with Gasteiger partial charge in [0.25, 0.3) is 0 Å². The lowest BCUT2D eigenvalue weighted by Gasteiger charge is -2.24. The third-order valence-corrected chi connectivity index (χ3v) is 4.66. The molecule has 2 aromatic rings. The largest absolute Gasteiger partial charge is 0.493 e. The third kappa shape index (κ3) is 3.08. The monoisotopic (exact) mass is 303 g/mol. The molecule has 1 aromatic carbocycles.